The summed E-state index contributed by atoms with van der Waals surface area (Å²) in [6.07, 6.45) is 7.30. The SMILES string of the molecule is Cc1nc(-c2ccnc(NS(C)(=O)=O)c2)nn1CCN(C(=O)Cc1cccc2ccccc12)C1CCCC1. The van der Waals surface area contributed by atoms with Crippen LogP contribution in [0.4, 0.5) is 5.82 Å². The van der Waals surface area contributed by atoms with Gasteiger partial charge in [-0.15, -0.1) is 0 Å². The first-order chi connectivity index (χ1) is 18.3. The standard InChI is InChI=1S/C28H32N6O3S/c1-20-30-28(23-14-15-29-26(18-23)32-38(2,36)37)31-34(20)17-16-33(24-11-4-5-12-24)27(35)19-22-10-7-9-21-8-3-6-13-25(21)22/h3,6-10,13-15,18,24H,4-5,11-12,16-17,19H2,1-2H3,(H,29,32). The lowest BCUT2D eigenvalue weighted by Crippen LogP contribution is -2.42. The molecule has 1 N–H and O–H groups in total. The molecule has 0 unspecified atom stereocenters. The predicted molar refractivity (Wildman–Crippen MR) is 148 cm³/mol. The van der Waals surface area contributed by atoms with Crippen molar-refractivity contribution in [2.24, 2.45) is 0 Å². The lowest BCUT2D eigenvalue weighted by Gasteiger charge is -2.29. The van der Waals surface area contributed by atoms with Crippen LogP contribution in [-0.4, -0.2) is 57.8 Å². The fraction of sp³-hybridized carbons (Fsp3) is 0.357. The van der Waals surface area contributed by atoms with Crippen LogP contribution in [0, 0.1) is 6.92 Å². The number of hydrogen-bond acceptors (Lipinski definition) is 6. The van der Waals surface area contributed by atoms with Crippen LogP contribution in [0.15, 0.2) is 60.8 Å². The lowest BCUT2D eigenvalue weighted by molar-refractivity contribution is -0.132. The van der Waals surface area contributed by atoms with E-state index in [0.717, 1.165) is 54.1 Å². The van der Waals surface area contributed by atoms with E-state index >= 15 is 0 Å². The van der Waals surface area contributed by atoms with Gasteiger partial charge in [-0.3, -0.25) is 9.52 Å². The number of aryl methyl sites for hydroxylation is 1. The molecule has 1 fully saturated rings. The van der Waals surface area contributed by atoms with Crippen LogP contribution in [-0.2, 0) is 27.8 Å². The average molecular weight is 533 g/mol. The Hall–Kier alpha value is -3.79. The second-order valence-corrected chi connectivity index (χ2v) is 11.6. The number of amides is 1. The Morgan fingerprint density at radius 1 is 1.11 bits per heavy atom. The van der Waals surface area contributed by atoms with Crippen LogP contribution >= 0.6 is 0 Å². The highest BCUT2D eigenvalue weighted by molar-refractivity contribution is 7.92. The largest absolute Gasteiger partial charge is 0.338 e. The molecule has 0 atom stereocenters. The summed E-state index contributed by atoms with van der Waals surface area (Å²) in [7, 11) is -3.44. The van der Waals surface area contributed by atoms with E-state index in [-0.39, 0.29) is 17.8 Å². The summed E-state index contributed by atoms with van der Waals surface area (Å²) in [5.41, 5.74) is 1.71. The number of sulfonamides is 1. The minimum Gasteiger partial charge on any atom is -0.338 e. The molecule has 1 aliphatic carbocycles. The van der Waals surface area contributed by atoms with Crippen molar-refractivity contribution < 1.29 is 13.2 Å². The van der Waals surface area contributed by atoms with Crippen LogP contribution in [0.5, 0.6) is 0 Å². The maximum Gasteiger partial charge on any atom is 0.230 e. The van der Waals surface area contributed by atoms with E-state index in [4.69, 9.17) is 0 Å². The first-order valence-electron chi connectivity index (χ1n) is 12.9. The van der Waals surface area contributed by atoms with Gasteiger partial charge in [-0.05, 0) is 48.2 Å². The van der Waals surface area contributed by atoms with Gasteiger partial charge in [-0.2, -0.15) is 5.10 Å². The van der Waals surface area contributed by atoms with Crippen molar-refractivity contribution in [2.45, 2.75) is 51.6 Å². The summed E-state index contributed by atoms with van der Waals surface area (Å²) in [4.78, 5) is 24.3. The molecule has 1 amide bonds. The van der Waals surface area contributed by atoms with Crippen LogP contribution in [0.25, 0.3) is 22.2 Å². The zero-order valence-electron chi connectivity index (χ0n) is 21.7. The van der Waals surface area contributed by atoms with E-state index in [9.17, 15) is 13.2 Å². The number of fused-ring (bicyclic) bond motifs is 1. The number of hydrogen-bond donors (Lipinski definition) is 1. The summed E-state index contributed by atoms with van der Waals surface area (Å²) in [6, 6.07) is 17.9. The monoisotopic (exact) mass is 532 g/mol. The topological polar surface area (TPSA) is 110 Å². The van der Waals surface area contributed by atoms with Crippen molar-refractivity contribution >= 4 is 32.5 Å². The number of aromatic nitrogens is 4. The molecule has 38 heavy (non-hydrogen) atoms. The number of nitrogens with zero attached hydrogens (tertiary/aromatic N) is 5. The van der Waals surface area contributed by atoms with Gasteiger partial charge in [0.25, 0.3) is 0 Å². The first-order valence-corrected chi connectivity index (χ1v) is 14.8. The Labute approximate surface area is 223 Å². The van der Waals surface area contributed by atoms with Crippen LogP contribution in [0.1, 0.15) is 37.1 Å². The van der Waals surface area contributed by atoms with Crippen molar-refractivity contribution in [3.05, 3.63) is 72.2 Å². The molecular weight excluding hydrogens is 500 g/mol. The number of nitrogens with one attached hydrogen (secondary N) is 1. The maximum atomic E-state index is 13.6. The smallest absolute Gasteiger partial charge is 0.230 e. The van der Waals surface area contributed by atoms with Crippen molar-refractivity contribution in [1.29, 1.82) is 0 Å². The Kier molecular flexibility index (Phi) is 7.42. The number of anilines is 1. The Morgan fingerprint density at radius 2 is 1.87 bits per heavy atom. The summed E-state index contributed by atoms with van der Waals surface area (Å²) < 4.78 is 27.4. The molecule has 10 heteroatoms. The van der Waals surface area contributed by atoms with Gasteiger partial charge in [0.15, 0.2) is 5.82 Å². The predicted octanol–water partition coefficient (Wildman–Crippen LogP) is 4.19. The van der Waals surface area contributed by atoms with Crippen LogP contribution < -0.4 is 4.72 Å². The van der Waals surface area contributed by atoms with Gasteiger partial charge in [0.05, 0.1) is 19.2 Å². The quantitative estimate of drug-likeness (QED) is 0.346. The highest BCUT2D eigenvalue weighted by atomic mass is 32.2. The van der Waals surface area contributed by atoms with E-state index < -0.39 is 10.0 Å². The van der Waals surface area contributed by atoms with Gasteiger partial charge in [-0.25, -0.2) is 23.1 Å². The molecule has 0 saturated heterocycles. The minimum absolute atomic E-state index is 0.136. The number of carbonyl (C=O) groups is 1. The van der Waals surface area contributed by atoms with E-state index in [1.54, 1.807) is 12.1 Å². The molecule has 4 aromatic rings. The number of benzene rings is 2. The highest BCUT2D eigenvalue weighted by Crippen LogP contribution is 2.26. The third-order valence-corrected chi connectivity index (χ3v) is 7.60. The van der Waals surface area contributed by atoms with Crippen LogP contribution in [0.2, 0.25) is 0 Å². The fourth-order valence-electron chi connectivity index (χ4n) is 5.21. The van der Waals surface area contributed by atoms with Gasteiger partial charge >= 0.3 is 0 Å². The summed E-state index contributed by atoms with van der Waals surface area (Å²) in [6.45, 7) is 2.95. The molecule has 0 bridgehead atoms. The van der Waals surface area contributed by atoms with E-state index in [2.05, 4.69) is 38.0 Å². The van der Waals surface area contributed by atoms with Crippen molar-refractivity contribution in [2.75, 3.05) is 17.5 Å². The van der Waals surface area contributed by atoms with Gasteiger partial charge in [-0.1, -0.05) is 55.3 Å². The second kappa shape index (κ2) is 10.9. The zero-order valence-corrected chi connectivity index (χ0v) is 22.5. The van der Waals surface area contributed by atoms with Crippen molar-refractivity contribution in [3.8, 4) is 11.4 Å². The molecule has 2 aromatic carbocycles. The lowest BCUT2D eigenvalue weighted by atomic mass is 10.0. The molecular formula is C28H32N6O3S. The van der Waals surface area contributed by atoms with E-state index in [1.165, 1.54) is 6.20 Å². The normalized spacial score (nSPS) is 14.2. The molecule has 1 aliphatic rings. The van der Waals surface area contributed by atoms with Gasteiger partial charge in [0, 0.05) is 24.3 Å². The zero-order chi connectivity index (χ0) is 26.7. The molecule has 0 aliphatic heterocycles. The summed E-state index contributed by atoms with van der Waals surface area (Å²) in [5.74, 6) is 1.56. The summed E-state index contributed by atoms with van der Waals surface area (Å²) >= 11 is 0. The minimum atomic E-state index is -3.44. The third-order valence-electron chi connectivity index (χ3n) is 7.02. The van der Waals surface area contributed by atoms with E-state index in [0.29, 0.717) is 30.9 Å². The Bertz CT molecular complexity index is 1550. The molecule has 2 aromatic heterocycles. The third kappa shape index (κ3) is 6.02. The van der Waals surface area contributed by atoms with Crippen LogP contribution in [0.3, 0.4) is 0 Å². The molecule has 0 radical (unpaired) electrons. The Morgan fingerprint density at radius 3 is 2.66 bits per heavy atom. The second-order valence-electron chi connectivity index (χ2n) is 9.85. The fourth-order valence-corrected chi connectivity index (χ4v) is 5.70. The molecule has 9 nitrogen and oxygen atoms in total. The maximum absolute atomic E-state index is 13.6. The van der Waals surface area contributed by atoms with Crippen molar-refractivity contribution in [1.82, 2.24) is 24.6 Å². The number of carbonyl (C=O) groups excluding carboxylic acids is 1. The summed E-state index contributed by atoms with van der Waals surface area (Å²) in [5, 5.41) is 6.92. The molecule has 5 rings (SSSR count). The van der Waals surface area contributed by atoms with Gasteiger partial charge in [0.2, 0.25) is 15.9 Å². The number of rotatable bonds is 9. The average Bonchev–Trinajstić information content (AvgIpc) is 3.54. The highest BCUT2D eigenvalue weighted by Gasteiger charge is 2.27. The van der Waals surface area contributed by atoms with E-state index in [1.807, 2.05) is 40.8 Å². The number of pyridine rings is 1. The van der Waals surface area contributed by atoms with Crippen molar-refractivity contribution in [3.63, 3.8) is 0 Å². The molecule has 0 spiro atoms. The first kappa shape index (κ1) is 25.8. The van der Waals surface area contributed by atoms with Gasteiger partial charge in [0.1, 0.15) is 11.6 Å². The molecule has 2 heterocycles. The van der Waals surface area contributed by atoms with Gasteiger partial charge < -0.3 is 4.90 Å². The Balaban J connectivity index is 1.33. The molecule has 198 valence electrons. The molecule has 1 saturated carbocycles.